The lowest BCUT2D eigenvalue weighted by Crippen LogP contribution is -2.16. The van der Waals surface area contributed by atoms with Crippen LogP contribution in [-0.4, -0.2) is 20.9 Å². The molecule has 0 atom stereocenters. The highest BCUT2D eigenvalue weighted by atomic mass is 15.1. The molecule has 3 rings (SSSR count). The maximum absolute atomic E-state index is 4.26. The summed E-state index contributed by atoms with van der Waals surface area (Å²) in [7, 11) is 0. The summed E-state index contributed by atoms with van der Waals surface area (Å²) < 4.78 is 2.03. The van der Waals surface area contributed by atoms with Gasteiger partial charge in [-0.25, -0.2) is 9.97 Å². The summed E-state index contributed by atoms with van der Waals surface area (Å²) in [4.78, 5) is 8.45. The predicted octanol–water partition coefficient (Wildman–Crippen LogP) is 1.62. The van der Waals surface area contributed by atoms with E-state index in [0.29, 0.717) is 0 Å². The quantitative estimate of drug-likeness (QED) is 0.772. The number of nitrogens with zero attached hydrogens (tertiary/aromatic N) is 3. The van der Waals surface area contributed by atoms with Crippen molar-refractivity contribution in [2.24, 2.45) is 5.92 Å². The van der Waals surface area contributed by atoms with Gasteiger partial charge in [0, 0.05) is 18.9 Å². The highest BCUT2D eigenvalue weighted by molar-refractivity contribution is 5.30. The van der Waals surface area contributed by atoms with E-state index in [0.717, 1.165) is 24.8 Å². The summed E-state index contributed by atoms with van der Waals surface area (Å²) in [6, 6.07) is 1.93. The van der Waals surface area contributed by atoms with Gasteiger partial charge in [-0.15, -0.1) is 0 Å². The minimum atomic E-state index is 0.779. The van der Waals surface area contributed by atoms with Crippen molar-refractivity contribution in [3.8, 4) is 0 Å². The second kappa shape index (κ2) is 4.22. The SMILES string of the molecule is c1cnc2ncc(CNCCC3CC3)n2c1. The van der Waals surface area contributed by atoms with Crippen LogP contribution in [0.2, 0.25) is 0 Å². The molecule has 1 aliphatic rings. The number of hydrogen-bond donors (Lipinski definition) is 1. The summed E-state index contributed by atoms with van der Waals surface area (Å²) in [6.45, 7) is 1.98. The van der Waals surface area contributed by atoms with E-state index in [1.807, 2.05) is 22.9 Å². The Morgan fingerprint density at radius 2 is 2.31 bits per heavy atom. The molecule has 0 spiro atoms. The first-order chi connectivity index (χ1) is 7.93. The molecule has 1 aliphatic carbocycles. The Hall–Kier alpha value is -1.42. The zero-order chi connectivity index (χ0) is 10.8. The molecule has 0 radical (unpaired) electrons. The number of hydrogen-bond acceptors (Lipinski definition) is 3. The zero-order valence-corrected chi connectivity index (χ0v) is 9.26. The highest BCUT2D eigenvalue weighted by Gasteiger charge is 2.19. The van der Waals surface area contributed by atoms with E-state index in [4.69, 9.17) is 0 Å². The Morgan fingerprint density at radius 3 is 3.19 bits per heavy atom. The van der Waals surface area contributed by atoms with Gasteiger partial charge in [-0.2, -0.15) is 0 Å². The van der Waals surface area contributed by atoms with Gasteiger partial charge in [-0.1, -0.05) is 12.8 Å². The van der Waals surface area contributed by atoms with Gasteiger partial charge in [0.2, 0.25) is 5.78 Å². The van der Waals surface area contributed by atoms with E-state index in [2.05, 4.69) is 15.3 Å². The molecular weight excluding hydrogens is 200 g/mol. The molecule has 0 aromatic carbocycles. The molecule has 1 fully saturated rings. The van der Waals surface area contributed by atoms with Crippen LogP contribution in [0, 0.1) is 5.92 Å². The van der Waals surface area contributed by atoms with E-state index < -0.39 is 0 Å². The van der Waals surface area contributed by atoms with Crippen LogP contribution in [0.3, 0.4) is 0 Å². The van der Waals surface area contributed by atoms with Crippen molar-refractivity contribution in [1.82, 2.24) is 19.7 Å². The molecule has 2 heterocycles. The molecule has 2 aromatic heterocycles. The highest BCUT2D eigenvalue weighted by Crippen LogP contribution is 2.31. The van der Waals surface area contributed by atoms with Gasteiger partial charge in [0.15, 0.2) is 0 Å². The van der Waals surface area contributed by atoms with Gasteiger partial charge in [0.05, 0.1) is 11.9 Å². The fourth-order valence-corrected chi connectivity index (χ4v) is 1.94. The number of nitrogens with one attached hydrogen (secondary N) is 1. The van der Waals surface area contributed by atoms with E-state index in [-0.39, 0.29) is 0 Å². The summed E-state index contributed by atoms with van der Waals surface area (Å²) in [5, 5.41) is 3.46. The first kappa shape index (κ1) is 9.78. The Labute approximate surface area is 94.7 Å². The van der Waals surface area contributed by atoms with Crippen molar-refractivity contribution >= 4 is 5.78 Å². The molecule has 16 heavy (non-hydrogen) atoms. The normalized spacial score (nSPS) is 15.8. The summed E-state index contributed by atoms with van der Waals surface area (Å²) >= 11 is 0. The predicted molar refractivity (Wildman–Crippen MR) is 62.0 cm³/mol. The molecule has 2 aromatic rings. The molecule has 0 unspecified atom stereocenters. The third kappa shape index (κ3) is 2.07. The van der Waals surface area contributed by atoms with Crippen molar-refractivity contribution in [2.75, 3.05) is 6.54 Å². The topological polar surface area (TPSA) is 42.2 Å². The van der Waals surface area contributed by atoms with Crippen molar-refractivity contribution in [2.45, 2.75) is 25.8 Å². The van der Waals surface area contributed by atoms with Gasteiger partial charge in [-0.05, 0) is 24.9 Å². The van der Waals surface area contributed by atoms with Crippen LogP contribution in [0.4, 0.5) is 0 Å². The number of imidazole rings is 1. The Kier molecular flexibility index (Phi) is 2.58. The van der Waals surface area contributed by atoms with Gasteiger partial charge in [0.1, 0.15) is 0 Å². The first-order valence-corrected chi connectivity index (χ1v) is 5.91. The lowest BCUT2D eigenvalue weighted by atomic mass is 10.3. The van der Waals surface area contributed by atoms with Gasteiger partial charge in [0.25, 0.3) is 0 Å². The Bertz CT molecular complexity index is 473. The Morgan fingerprint density at radius 1 is 1.38 bits per heavy atom. The van der Waals surface area contributed by atoms with Crippen molar-refractivity contribution in [3.05, 3.63) is 30.4 Å². The third-order valence-electron chi connectivity index (χ3n) is 3.10. The van der Waals surface area contributed by atoms with E-state index in [9.17, 15) is 0 Å². The molecule has 0 saturated heterocycles. The maximum atomic E-state index is 4.26. The Balaban J connectivity index is 1.60. The van der Waals surface area contributed by atoms with Crippen LogP contribution >= 0.6 is 0 Å². The molecule has 0 aliphatic heterocycles. The van der Waals surface area contributed by atoms with E-state index in [1.54, 1.807) is 6.20 Å². The fraction of sp³-hybridized carbons (Fsp3) is 0.500. The molecule has 0 amide bonds. The second-order valence-electron chi connectivity index (χ2n) is 4.45. The van der Waals surface area contributed by atoms with Crippen molar-refractivity contribution < 1.29 is 0 Å². The van der Waals surface area contributed by atoms with Gasteiger partial charge < -0.3 is 5.32 Å². The monoisotopic (exact) mass is 216 g/mol. The number of fused-ring (bicyclic) bond motifs is 1. The van der Waals surface area contributed by atoms with Crippen LogP contribution in [0.1, 0.15) is 25.0 Å². The molecule has 4 heteroatoms. The summed E-state index contributed by atoms with van der Waals surface area (Å²) in [5.74, 6) is 1.78. The second-order valence-corrected chi connectivity index (χ2v) is 4.45. The van der Waals surface area contributed by atoms with Crippen LogP contribution in [-0.2, 0) is 6.54 Å². The molecule has 1 saturated carbocycles. The molecular formula is C12H16N4. The van der Waals surface area contributed by atoms with E-state index >= 15 is 0 Å². The minimum Gasteiger partial charge on any atom is -0.311 e. The summed E-state index contributed by atoms with van der Waals surface area (Å²) in [6.07, 6.45) is 9.85. The summed E-state index contributed by atoms with van der Waals surface area (Å²) in [5.41, 5.74) is 1.18. The standard InChI is InChI=1S/C12H16N4/c1-5-14-12-15-9-11(16(12)7-1)8-13-6-4-10-2-3-10/h1,5,7,9-10,13H,2-4,6,8H2. The average molecular weight is 216 g/mol. The van der Waals surface area contributed by atoms with Crippen molar-refractivity contribution in [1.29, 1.82) is 0 Å². The number of aromatic nitrogens is 3. The van der Waals surface area contributed by atoms with Gasteiger partial charge >= 0.3 is 0 Å². The lowest BCUT2D eigenvalue weighted by molar-refractivity contribution is 0.605. The van der Waals surface area contributed by atoms with Gasteiger partial charge in [-0.3, -0.25) is 4.40 Å². The third-order valence-corrected chi connectivity index (χ3v) is 3.10. The zero-order valence-electron chi connectivity index (χ0n) is 9.26. The smallest absolute Gasteiger partial charge is 0.233 e. The minimum absolute atomic E-state index is 0.779. The van der Waals surface area contributed by atoms with E-state index in [1.165, 1.54) is 25.0 Å². The van der Waals surface area contributed by atoms with Crippen LogP contribution in [0.25, 0.3) is 5.78 Å². The average Bonchev–Trinajstić information content (AvgIpc) is 3.05. The molecule has 4 nitrogen and oxygen atoms in total. The first-order valence-electron chi connectivity index (χ1n) is 5.91. The van der Waals surface area contributed by atoms with Crippen molar-refractivity contribution in [3.63, 3.8) is 0 Å². The molecule has 1 N–H and O–H groups in total. The largest absolute Gasteiger partial charge is 0.311 e. The molecule has 84 valence electrons. The van der Waals surface area contributed by atoms with Crippen LogP contribution < -0.4 is 5.32 Å². The number of rotatable bonds is 5. The van der Waals surface area contributed by atoms with Crippen LogP contribution in [0.5, 0.6) is 0 Å². The maximum Gasteiger partial charge on any atom is 0.233 e. The molecule has 0 bridgehead atoms. The lowest BCUT2D eigenvalue weighted by Gasteiger charge is -2.03. The fourth-order valence-electron chi connectivity index (χ4n) is 1.94. The van der Waals surface area contributed by atoms with Crippen LogP contribution in [0.15, 0.2) is 24.7 Å².